The highest BCUT2D eigenvalue weighted by Crippen LogP contribution is 2.16. The number of carbonyl (C=O) groups is 1. The zero-order valence-corrected chi connectivity index (χ0v) is 13.3. The van der Waals surface area contributed by atoms with Crippen molar-refractivity contribution in [3.63, 3.8) is 0 Å². The molecular weight excluding hydrogens is 270 g/mol. The Morgan fingerprint density at radius 3 is 2.67 bits per heavy atom. The molecule has 7 nitrogen and oxygen atoms in total. The lowest BCUT2D eigenvalue weighted by atomic mass is 10.4. The summed E-state index contributed by atoms with van der Waals surface area (Å²) in [6.45, 7) is 8.37. The molecular formula is C14H25N5O2. The van der Waals surface area contributed by atoms with E-state index in [0.717, 1.165) is 5.82 Å². The van der Waals surface area contributed by atoms with Gasteiger partial charge in [0.15, 0.2) is 5.82 Å². The quantitative estimate of drug-likeness (QED) is 0.708. The van der Waals surface area contributed by atoms with E-state index in [1.54, 1.807) is 7.05 Å². The summed E-state index contributed by atoms with van der Waals surface area (Å²) in [5.41, 5.74) is 0. The van der Waals surface area contributed by atoms with Gasteiger partial charge < -0.3 is 20.3 Å². The monoisotopic (exact) mass is 295 g/mol. The number of amides is 1. The first kappa shape index (κ1) is 17.2. The standard InChI is InChI=1S/C14H25N5O2/c1-5-16-14(20)9-19(6-2)13-8-11(15-4)17-12(18-13)10-21-7-3/h8H,5-7,9-10H2,1-4H3,(H,16,20)(H,15,17,18). The van der Waals surface area contributed by atoms with Gasteiger partial charge in [-0.2, -0.15) is 0 Å². The minimum Gasteiger partial charge on any atom is -0.374 e. The minimum atomic E-state index is -0.0182. The fourth-order valence-corrected chi connectivity index (χ4v) is 1.81. The number of hydrogen-bond donors (Lipinski definition) is 2. The first-order chi connectivity index (χ1) is 10.1. The van der Waals surface area contributed by atoms with Crippen LogP contribution in [0, 0.1) is 0 Å². The third kappa shape index (κ3) is 5.55. The van der Waals surface area contributed by atoms with Crippen molar-refractivity contribution < 1.29 is 9.53 Å². The second-order valence-corrected chi connectivity index (χ2v) is 4.38. The molecule has 1 aromatic rings. The second kappa shape index (κ2) is 9.12. The van der Waals surface area contributed by atoms with E-state index >= 15 is 0 Å². The van der Waals surface area contributed by atoms with E-state index in [1.165, 1.54) is 0 Å². The zero-order chi connectivity index (χ0) is 15.7. The lowest BCUT2D eigenvalue weighted by Gasteiger charge is -2.22. The number of hydrogen-bond acceptors (Lipinski definition) is 6. The molecule has 118 valence electrons. The van der Waals surface area contributed by atoms with Crippen LogP contribution >= 0.6 is 0 Å². The number of likely N-dealkylation sites (N-methyl/N-ethyl adjacent to an activating group) is 2. The summed E-state index contributed by atoms with van der Waals surface area (Å²) >= 11 is 0. The van der Waals surface area contributed by atoms with E-state index in [2.05, 4.69) is 20.6 Å². The van der Waals surface area contributed by atoms with Crippen LogP contribution in [0.3, 0.4) is 0 Å². The molecule has 0 spiro atoms. The van der Waals surface area contributed by atoms with E-state index in [-0.39, 0.29) is 12.5 Å². The van der Waals surface area contributed by atoms with Crippen molar-refractivity contribution >= 4 is 17.5 Å². The summed E-state index contributed by atoms with van der Waals surface area (Å²) in [5, 5.41) is 5.80. The first-order valence-corrected chi connectivity index (χ1v) is 7.29. The molecule has 21 heavy (non-hydrogen) atoms. The summed E-state index contributed by atoms with van der Waals surface area (Å²) in [4.78, 5) is 22.5. The van der Waals surface area contributed by atoms with Crippen LogP contribution in [0.15, 0.2) is 6.07 Å². The molecule has 0 aromatic carbocycles. The van der Waals surface area contributed by atoms with E-state index < -0.39 is 0 Å². The molecule has 0 aliphatic carbocycles. The first-order valence-electron chi connectivity index (χ1n) is 7.29. The molecule has 1 aromatic heterocycles. The van der Waals surface area contributed by atoms with Crippen LogP contribution in [0.5, 0.6) is 0 Å². The van der Waals surface area contributed by atoms with Gasteiger partial charge in [0.2, 0.25) is 5.91 Å². The molecule has 0 saturated heterocycles. The average molecular weight is 295 g/mol. The molecule has 0 atom stereocenters. The van der Waals surface area contributed by atoms with Crippen molar-refractivity contribution in [2.75, 3.05) is 43.5 Å². The van der Waals surface area contributed by atoms with E-state index in [4.69, 9.17) is 4.74 Å². The van der Waals surface area contributed by atoms with Crippen molar-refractivity contribution in [3.8, 4) is 0 Å². The van der Waals surface area contributed by atoms with Gasteiger partial charge in [-0.3, -0.25) is 4.79 Å². The summed E-state index contributed by atoms with van der Waals surface area (Å²) in [6.07, 6.45) is 0. The van der Waals surface area contributed by atoms with Crippen molar-refractivity contribution in [1.82, 2.24) is 15.3 Å². The van der Waals surface area contributed by atoms with Crippen molar-refractivity contribution in [1.29, 1.82) is 0 Å². The van der Waals surface area contributed by atoms with Crippen LogP contribution in [0.2, 0.25) is 0 Å². The van der Waals surface area contributed by atoms with Crippen molar-refractivity contribution in [2.24, 2.45) is 0 Å². The average Bonchev–Trinajstić information content (AvgIpc) is 2.50. The number of ether oxygens (including phenoxy) is 1. The molecule has 0 bridgehead atoms. The number of nitrogens with one attached hydrogen (secondary N) is 2. The lowest BCUT2D eigenvalue weighted by molar-refractivity contribution is -0.119. The maximum atomic E-state index is 11.8. The molecule has 1 rings (SSSR count). The Morgan fingerprint density at radius 1 is 1.33 bits per heavy atom. The Balaban J connectivity index is 2.93. The smallest absolute Gasteiger partial charge is 0.239 e. The SMILES string of the molecule is CCNC(=O)CN(CC)c1cc(NC)nc(COCC)n1. The second-order valence-electron chi connectivity index (χ2n) is 4.38. The van der Waals surface area contributed by atoms with Gasteiger partial charge in [0, 0.05) is 32.8 Å². The third-order valence-electron chi connectivity index (χ3n) is 2.86. The summed E-state index contributed by atoms with van der Waals surface area (Å²) in [6, 6.07) is 1.83. The van der Waals surface area contributed by atoms with Crippen molar-refractivity contribution in [3.05, 3.63) is 11.9 Å². The molecule has 0 unspecified atom stereocenters. The van der Waals surface area contributed by atoms with Crippen LogP contribution < -0.4 is 15.5 Å². The summed E-state index contributed by atoms with van der Waals surface area (Å²) in [7, 11) is 1.80. The van der Waals surface area contributed by atoms with Crippen LogP contribution in [-0.2, 0) is 16.1 Å². The van der Waals surface area contributed by atoms with Gasteiger partial charge in [-0.15, -0.1) is 0 Å². The van der Waals surface area contributed by atoms with Gasteiger partial charge in [0.25, 0.3) is 0 Å². The fraction of sp³-hybridized carbons (Fsp3) is 0.643. The minimum absolute atomic E-state index is 0.0182. The normalized spacial score (nSPS) is 10.3. The highest BCUT2D eigenvalue weighted by atomic mass is 16.5. The molecule has 7 heteroatoms. The molecule has 0 aliphatic heterocycles. The zero-order valence-electron chi connectivity index (χ0n) is 13.3. The highest BCUT2D eigenvalue weighted by molar-refractivity contribution is 5.81. The summed E-state index contributed by atoms with van der Waals surface area (Å²) < 4.78 is 5.36. The van der Waals surface area contributed by atoms with E-state index in [9.17, 15) is 4.79 Å². The number of rotatable bonds is 9. The van der Waals surface area contributed by atoms with Crippen LogP contribution in [-0.4, -0.2) is 49.2 Å². The largest absolute Gasteiger partial charge is 0.374 e. The maximum Gasteiger partial charge on any atom is 0.239 e. The number of carbonyl (C=O) groups excluding carboxylic acids is 1. The van der Waals surface area contributed by atoms with Gasteiger partial charge in [-0.05, 0) is 20.8 Å². The van der Waals surface area contributed by atoms with Crippen LogP contribution in [0.1, 0.15) is 26.6 Å². The predicted molar refractivity (Wildman–Crippen MR) is 83.5 cm³/mol. The van der Waals surface area contributed by atoms with Gasteiger partial charge in [-0.1, -0.05) is 0 Å². The van der Waals surface area contributed by atoms with Crippen LogP contribution in [0.4, 0.5) is 11.6 Å². The Morgan fingerprint density at radius 2 is 2.10 bits per heavy atom. The Hall–Kier alpha value is -1.89. The van der Waals surface area contributed by atoms with Gasteiger partial charge in [0.1, 0.15) is 18.2 Å². The molecule has 1 amide bonds. The molecule has 0 saturated carbocycles. The maximum absolute atomic E-state index is 11.8. The summed E-state index contributed by atoms with van der Waals surface area (Å²) in [5.74, 6) is 2.02. The molecule has 0 fully saturated rings. The van der Waals surface area contributed by atoms with Gasteiger partial charge >= 0.3 is 0 Å². The molecule has 0 radical (unpaired) electrons. The van der Waals surface area contributed by atoms with E-state index in [1.807, 2.05) is 31.7 Å². The van der Waals surface area contributed by atoms with E-state index in [0.29, 0.717) is 37.9 Å². The number of anilines is 2. The van der Waals surface area contributed by atoms with Crippen molar-refractivity contribution in [2.45, 2.75) is 27.4 Å². The van der Waals surface area contributed by atoms with Gasteiger partial charge in [0.05, 0.1) is 6.54 Å². The topological polar surface area (TPSA) is 79.4 Å². The molecule has 2 N–H and O–H groups in total. The Kier molecular flexibility index (Phi) is 7.45. The Labute approximate surface area is 126 Å². The Bertz CT molecular complexity index is 453. The number of aromatic nitrogens is 2. The predicted octanol–water partition coefficient (Wildman–Crippen LogP) is 1.02. The molecule has 0 aliphatic rings. The van der Waals surface area contributed by atoms with Crippen LogP contribution in [0.25, 0.3) is 0 Å². The molecule has 1 heterocycles. The number of nitrogens with zero attached hydrogens (tertiary/aromatic N) is 3. The lowest BCUT2D eigenvalue weighted by Crippen LogP contribution is -2.37. The van der Waals surface area contributed by atoms with Gasteiger partial charge in [-0.25, -0.2) is 9.97 Å². The highest BCUT2D eigenvalue weighted by Gasteiger charge is 2.13. The fourth-order valence-electron chi connectivity index (χ4n) is 1.81. The third-order valence-corrected chi connectivity index (χ3v) is 2.86.